The number of nitrogens with one attached hydrogen (secondary N) is 1. The summed E-state index contributed by atoms with van der Waals surface area (Å²) in [6, 6.07) is 3.76. The number of hydrogen-bond donors (Lipinski definition) is 1. The van der Waals surface area contributed by atoms with E-state index in [1.54, 1.807) is 23.3 Å². The molecule has 1 aliphatic heterocycles. The van der Waals surface area contributed by atoms with Crippen molar-refractivity contribution in [2.75, 3.05) is 25.0 Å². The molecule has 134 valence electrons. The van der Waals surface area contributed by atoms with Crippen LogP contribution in [0.1, 0.15) is 6.42 Å². The molecule has 4 rings (SSSR count). The zero-order valence-corrected chi connectivity index (χ0v) is 14.4. The highest BCUT2D eigenvalue weighted by Crippen LogP contribution is 2.22. The fourth-order valence-electron chi connectivity index (χ4n) is 3.13. The first-order valence-corrected chi connectivity index (χ1v) is 8.48. The summed E-state index contributed by atoms with van der Waals surface area (Å²) in [6.07, 6.45) is 6.74. The number of fused-ring (bicyclic) bond motifs is 1. The van der Waals surface area contributed by atoms with E-state index >= 15 is 0 Å². The molecule has 0 saturated carbocycles. The number of anilines is 1. The Hall–Kier alpha value is -2.87. The van der Waals surface area contributed by atoms with Gasteiger partial charge in [0.2, 0.25) is 5.91 Å². The fourth-order valence-corrected chi connectivity index (χ4v) is 3.13. The third kappa shape index (κ3) is 3.55. The van der Waals surface area contributed by atoms with Crippen LogP contribution in [0, 0.1) is 0 Å². The van der Waals surface area contributed by atoms with Crippen LogP contribution in [-0.4, -0.2) is 56.4 Å². The quantitative estimate of drug-likeness (QED) is 0.776. The molecular formula is C18H19FN6O. The van der Waals surface area contributed by atoms with Crippen LogP contribution in [0.5, 0.6) is 0 Å². The van der Waals surface area contributed by atoms with E-state index in [1.165, 1.54) is 0 Å². The van der Waals surface area contributed by atoms with Crippen LogP contribution in [-0.2, 0) is 11.8 Å². The molecule has 1 N–H and O–H groups in total. The van der Waals surface area contributed by atoms with Crippen LogP contribution in [0.25, 0.3) is 22.0 Å². The van der Waals surface area contributed by atoms with Gasteiger partial charge in [0.05, 0.1) is 18.4 Å². The van der Waals surface area contributed by atoms with Gasteiger partial charge in [-0.05, 0) is 23.9 Å². The van der Waals surface area contributed by atoms with Gasteiger partial charge >= 0.3 is 0 Å². The Morgan fingerprint density at radius 1 is 1.27 bits per heavy atom. The second-order valence-corrected chi connectivity index (χ2v) is 6.56. The lowest BCUT2D eigenvalue weighted by molar-refractivity contribution is -0.117. The van der Waals surface area contributed by atoms with E-state index in [9.17, 15) is 9.18 Å². The van der Waals surface area contributed by atoms with E-state index in [4.69, 9.17) is 0 Å². The molecular weight excluding hydrogens is 335 g/mol. The number of amides is 1. The third-order valence-corrected chi connectivity index (χ3v) is 4.45. The monoisotopic (exact) mass is 354 g/mol. The number of aryl methyl sites for hydroxylation is 1. The summed E-state index contributed by atoms with van der Waals surface area (Å²) in [5.74, 6) is 0.286. The lowest BCUT2D eigenvalue weighted by atomic mass is 10.1. The zero-order chi connectivity index (χ0) is 18.1. The molecule has 1 amide bonds. The Balaban J connectivity index is 1.51. The van der Waals surface area contributed by atoms with Crippen molar-refractivity contribution in [3.63, 3.8) is 0 Å². The molecule has 26 heavy (non-hydrogen) atoms. The summed E-state index contributed by atoms with van der Waals surface area (Å²) in [6.45, 7) is 1.11. The van der Waals surface area contributed by atoms with Crippen LogP contribution in [0.15, 0.2) is 36.9 Å². The van der Waals surface area contributed by atoms with Gasteiger partial charge in [-0.1, -0.05) is 0 Å². The number of halogens is 1. The summed E-state index contributed by atoms with van der Waals surface area (Å²) in [5.41, 5.74) is 1.73. The predicted octanol–water partition coefficient (Wildman–Crippen LogP) is 2.01. The number of rotatable bonds is 4. The molecule has 1 aliphatic rings. The Bertz CT molecular complexity index is 956. The molecule has 0 radical (unpaired) electrons. The number of alkyl halides is 1. The van der Waals surface area contributed by atoms with Crippen LogP contribution in [0.4, 0.5) is 10.2 Å². The second kappa shape index (κ2) is 6.80. The summed E-state index contributed by atoms with van der Waals surface area (Å²) < 4.78 is 14.9. The van der Waals surface area contributed by atoms with Gasteiger partial charge in [0.1, 0.15) is 12.0 Å². The highest BCUT2D eigenvalue weighted by molar-refractivity contribution is 5.94. The SMILES string of the molecule is Cn1cc(-c2cc3cc(NC(=O)CN4CC[C@@H](F)C4)ncc3cn2)cn1. The van der Waals surface area contributed by atoms with Gasteiger partial charge in [-0.25, -0.2) is 9.37 Å². The van der Waals surface area contributed by atoms with Crippen LogP contribution in [0.2, 0.25) is 0 Å². The average Bonchev–Trinajstić information content (AvgIpc) is 3.22. The minimum Gasteiger partial charge on any atom is -0.310 e. The average molecular weight is 354 g/mol. The molecule has 4 heterocycles. The van der Waals surface area contributed by atoms with Gasteiger partial charge in [0, 0.05) is 49.7 Å². The molecule has 3 aromatic rings. The Morgan fingerprint density at radius 2 is 2.12 bits per heavy atom. The van der Waals surface area contributed by atoms with Crippen molar-refractivity contribution in [3.05, 3.63) is 36.9 Å². The number of likely N-dealkylation sites (tertiary alicyclic amines) is 1. The predicted molar refractivity (Wildman–Crippen MR) is 96.3 cm³/mol. The first kappa shape index (κ1) is 16.6. The molecule has 7 nitrogen and oxygen atoms in total. The number of carbonyl (C=O) groups excluding carboxylic acids is 1. The van der Waals surface area contributed by atoms with Gasteiger partial charge in [-0.15, -0.1) is 0 Å². The molecule has 3 aromatic heterocycles. The maximum absolute atomic E-state index is 13.2. The van der Waals surface area contributed by atoms with Gasteiger partial charge in [-0.2, -0.15) is 5.10 Å². The highest BCUT2D eigenvalue weighted by atomic mass is 19.1. The van der Waals surface area contributed by atoms with Gasteiger partial charge in [0.15, 0.2) is 0 Å². The smallest absolute Gasteiger partial charge is 0.239 e. The summed E-state index contributed by atoms with van der Waals surface area (Å²) in [4.78, 5) is 22.7. The number of pyridine rings is 2. The van der Waals surface area contributed by atoms with E-state index in [2.05, 4.69) is 20.4 Å². The maximum atomic E-state index is 13.2. The van der Waals surface area contributed by atoms with Crippen molar-refractivity contribution in [1.82, 2.24) is 24.6 Å². The molecule has 8 heteroatoms. The van der Waals surface area contributed by atoms with Crippen molar-refractivity contribution in [3.8, 4) is 11.3 Å². The topological polar surface area (TPSA) is 75.9 Å². The summed E-state index contributed by atoms with van der Waals surface area (Å²) in [7, 11) is 1.85. The largest absolute Gasteiger partial charge is 0.310 e. The van der Waals surface area contributed by atoms with E-state index < -0.39 is 6.17 Å². The van der Waals surface area contributed by atoms with Crippen molar-refractivity contribution < 1.29 is 9.18 Å². The third-order valence-electron chi connectivity index (χ3n) is 4.45. The molecule has 1 saturated heterocycles. The standard InChI is InChI=1S/C18H19FN6O/c1-24-9-14(8-22-24)16-4-12-5-17(21-7-13(12)6-20-16)23-18(26)11-25-3-2-15(19)10-25/h4-9,15H,2-3,10-11H2,1H3,(H,21,23,26)/t15-/m1/s1. The van der Waals surface area contributed by atoms with Gasteiger partial charge in [0.25, 0.3) is 0 Å². The van der Waals surface area contributed by atoms with E-state index in [1.807, 2.05) is 30.3 Å². The van der Waals surface area contributed by atoms with E-state index in [0.717, 1.165) is 22.0 Å². The normalized spacial score (nSPS) is 17.7. The first-order valence-electron chi connectivity index (χ1n) is 8.48. The van der Waals surface area contributed by atoms with Crippen LogP contribution in [0.3, 0.4) is 0 Å². The van der Waals surface area contributed by atoms with Crippen LogP contribution < -0.4 is 5.32 Å². The maximum Gasteiger partial charge on any atom is 0.239 e. The first-order chi connectivity index (χ1) is 12.6. The molecule has 1 fully saturated rings. The van der Waals surface area contributed by atoms with Gasteiger partial charge < -0.3 is 5.32 Å². The van der Waals surface area contributed by atoms with E-state index in [-0.39, 0.29) is 12.5 Å². The van der Waals surface area contributed by atoms with Gasteiger partial charge in [-0.3, -0.25) is 19.4 Å². The van der Waals surface area contributed by atoms with Crippen molar-refractivity contribution in [2.45, 2.75) is 12.6 Å². The highest BCUT2D eigenvalue weighted by Gasteiger charge is 2.23. The lowest BCUT2D eigenvalue weighted by Gasteiger charge is -2.14. The minimum absolute atomic E-state index is 0.178. The molecule has 0 unspecified atom stereocenters. The number of nitrogens with zero attached hydrogens (tertiary/aromatic N) is 5. The molecule has 1 atom stereocenters. The summed E-state index contributed by atoms with van der Waals surface area (Å²) in [5, 5.41) is 8.76. The van der Waals surface area contributed by atoms with Crippen molar-refractivity contribution in [1.29, 1.82) is 0 Å². The summed E-state index contributed by atoms with van der Waals surface area (Å²) >= 11 is 0. The van der Waals surface area contributed by atoms with E-state index in [0.29, 0.717) is 25.3 Å². The number of carbonyl (C=O) groups is 1. The minimum atomic E-state index is -0.833. The number of hydrogen-bond acceptors (Lipinski definition) is 5. The fraction of sp³-hybridized carbons (Fsp3) is 0.333. The van der Waals surface area contributed by atoms with Crippen LogP contribution >= 0.6 is 0 Å². The molecule has 0 spiro atoms. The molecule has 0 aliphatic carbocycles. The van der Waals surface area contributed by atoms with Crippen molar-refractivity contribution >= 4 is 22.5 Å². The molecule has 0 aromatic carbocycles. The van der Waals surface area contributed by atoms with Crippen molar-refractivity contribution in [2.24, 2.45) is 7.05 Å². The zero-order valence-electron chi connectivity index (χ0n) is 14.4. The number of aromatic nitrogens is 4. The Morgan fingerprint density at radius 3 is 2.85 bits per heavy atom. The Labute approximate surface area is 149 Å². The Kier molecular flexibility index (Phi) is 4.34. The molecule has 0 bridgehead atoms. The second-order valence-electron chi connectivity index (χ2n) is 6.56. The lowest BCUT2D eigenvalue weighted by Crippen LogP contribution is -2.32.